The fourth-order valence-corrected chi connectivity index (χ4v) is 4.00. The molecular weight excluding hydrogens is 409 g/mol. The van der Waals surface area contributed by atoms with Crippen molar-refractivity contribution < 1.29 is 13.2 Å². The number of benzene rings is 3. The minimum Gasteiger partial charge on any atom is -0.296 e. The van der Waals surface area contributed by atoms with E-state index < -0.39 is 11.7 Å². The van der Waals surface area contributed by atoms with Crippen molar-refractivity contribution in [2.45, 2.75) is 32.4 Å². The number of hydrogen-bond donors (Lipinski definition) is 0. The highest BCUT2D eigenvalue weighted by Crippen LogP contribution is 2.38. The number of rotatable bonds is 4. The lowest BCUT2D eigenvalue weighted by molar-refractivity contribution is -0.137. The first-order chi connectivity index (χ1) is 14.3. The predicted molar refractivity (Wildman–Crippen MR) is 114 cm³/mol. The van der Waals surface area contributed by atoms with E-state index in [0.29, 0.717) is 17.8 Å². The number of aryl methyl sites for hydroxylation is 1. The Bertz CT molecular complexity index is 1180. The third-order valence-electron chi connectivity index (χ3n) is 5.39. The summed E-state index contributed by atoms with van der Waals surface area (Å²) in [5.74, 6) is 0.915. The van der Waals surface area contributed by atoms with Gasteiger partial charge in [0.05, 0.1) is 21.6 Å². The zero-order chi connectivity index (χ0) is 21.5. The molecular formula is C24H20ClF3N2. The molecule has 0 aliphatic heterocycles. The van der Waals surface area contributed by atoms with E-state index in [-0.39, 0.29) is 16.5 Å². The van der Waals surface area contributed by atoms with Crippen molar-refractivity contribution in [1.29, 1.82) is 0 Å². The number of nitrogens with zero attached hydrogens (tertiary/aromatic N) is 2. The number of aromatic nitrogens is 2. The van der Waals surface area contributed by atoms with Crippen LogP contribution >= 0.6 is 11.6 Å². The minimum atomic E-state index is -4.52. The fourth-order valence-electron chi connectivity index (χ4n) is 3.74. The predicted octanol–water partition coefficient (Wildman–Crippen LogP) is 7.41. The largest absolute Gasteiger partial charge is 0.417 e. The van der Waals surface area contributed by atoms with Gasteiger partial charge < -0.3 is 0 Å². The van der Waals surface area contributed by atoms with E-state index in [4.69, 9.17) is 11.6 Å². The summed E-state index contributed by atoms with van der Waals surface area (Å²) >= 11 is 5.97. The molecule has 4 rings (SSSR count). The number of hydrogen-bond acceptors (Lipinski definition) is 1. The summed E-state index contributed by atoms with van der Waals surface area (Å²) in [6, 6.07) is 20.6. The number of fused-ring (bicyclic) bond motifs is 1. The summed E-state index contributed by atoms with van der Waals surface area (Å²) in [7, 11) is 0. The highest BCUT2D eigenvalue weighted by molar-refractivity contribution is 6.32. The molecule has 0 bridgehead atoms. The fraction of sp³-hybridized carbons (Fsp3) is 0.208. The molecule has 0 aliphatic carbocycles. The van der Waals surface area contributed by atoms with Gasteiger partial charge in [0.1, 0.15) is 5.82 Å². The number of alkyl halides is 3. The Morgan fingerprint density at radius 2 is 1.60 bits per heavy atom. The SMILES string of the molecule is CCc1nc2cc(C(F)(F)F)c(Cl)cc2n1-c1ccc(C(C)c2ccccc2)cc1. The normalized spacial score (nSPS) is 13.0. The van der Waals surface area contributed by atoms with Gasteiger partial charge in [-0.05, 0) is 35.4 Å². The van der Waals surface area contributed by atoms with Crippen molar-refractivity contribution in [3.05, 3.63) is 94.3 Å². The van der Waals surface area contributed by atoms with E-state index >= 15 is 0 Å². The smallest absolute Gasteiger partial charge is 0.296 e. The molecule has 0 radical (unpaired) electrons. The second-order valence-corrected chi connectivity index (χ2v) is 7.67. The standard InChI is InChI=1S/C24H20ClF3N2/c1-3-23-29-21-13-19(24(26,27)28)20(25)14-22(21)30(23)18-11-9-17(10-12-18)15(2)16-7-5-4-6-8-16/h4-15H,3H2,1-2H3. The van der Waals surface area contributed by atoms with Crippen molar-refractivity contribution in [2.75, 3.05) is 0 Å². The molecule has 2 nitrogen and oxygen atoms in total. The summed E-state index contributed by atoms with van der Waals surface area (Å²) < 4.78 is 41.6. The molecule has 1 heterocycles. The summed E-state index contributed by atoms with van der Waals surface area (Å²) in [5.41, 5.74) is 3.20. The van der Waals surface area contributed by atoms with Crippen LogP contribution in [0.15, 0.2) is 66.7 Å². The zero-order valence-corrected chi connectivity index (χ0v) is 17.3. The second-order valence-electron chi connectivity index (χ2n) is 7.26. The van der Waals surface area contributed by atoms with Crippen LogP contribution < -0.4 is 0 Å². The Balaban J connectivity index is 1.78. The zero-order valence-electron chi connectivity index (χ0n) is 16.5. The van der Waals surface area contributed by atoms with Crippen molar-refractivity contribution in [2.24, 2.45) is 0 Å². The van der Waals surface area contributed by atoms with Crippen LogP contribution in [0.4, 0.5) is 13.2 Å². The molecule has 0 amide bonds. The molecule has 0 spiro atoms. The summed E-state index contributed by atoms with van der Waals surface area (Å²) in [5, 5.41) is -0.326. The van der Waals surface area contributed by atoms with Gasteiger partial charge in [0, 0.05) is 18.0 Å². The number of halogens is 4. The highest BCUT2D eigenvalue weighted by Gasteiger charge is 2.34. The first-order valence-electron chi connectivity index (χ1n) is 9.73. The van der Waals surface area contributed by atoms with Crippen LogP contribution in [0.25, 0.3) is 16.7 Å². The van der Waals surface area contributed by atoms with Crippen molar-refractivity contribution in [1.82, 2.24) is 9.55 Å². The molecule has 6 heteroatoms. The maximum Gasteiger partial charge on any atom is 0.417 e. The van der Waals surface area contributed by atoms with Gasteiger partial charge in [0.15, 0.2) is 0 Å². The van der Waals surface area contributed by atoms with Gasteiger partial charge in [-0.3, -0.25) is 4.57 Å². The molecule has 0 N–H and O–H groups in total. The van der Waals surface area contributed by atoms with E-state index in [9.17, 15) is 13.2 Å². The Kier molecular flexibility index (Phi) is 5.33. The summed E-state index contributed by atoms with van der Waals surface area (Å²) in [6.45, 7) is 4.07. The third kappa shape index (κ3) is 3.70. The Labute approximate surface area is 177 Å². The molecule has 30 heavy (non-hydrogen) atoms. The molecule has 154 valence electrons. The third-order valence-corrected chi connectivity index (χ3v) is 5.70. The van der Waals surface area contributed by atoms with Crippen molar-refractivity contribution in [3.8, 4) is 5.69 Å². The van der Waals surface area contributed by atoms with Crippen LogP contribution in [-0.4, -0.2) is 9.55 Å². The first kappa shape index (κ1) is 20.5. The van der Waals surface area contributed by atoms with Gasteiger partial charge in [0.25, 0.3) is 0 Å². The summed E-state index contributed by atoms with van der Waals surface area (Å²) in [4.78, 5) is 4.43. The van der Waals surface area contributed by atoms with Crippen LogP contribution in [0.1, 0.15) is 42.3 Å². The molecule has 0 saturated heterocycles. The van der Waals surface area contributed by atoms with Crippen molar-refractivity contribution >= 4 is 22.6 Å². The van der Waals surface area contributed by atoms with Gasteiger partial charge in [-0.15, -0.1) is 0 Å². The van der Waals surface area contributed by atoms with E-state index in [0.717, 1.165) is 17.3 Å². The maximum absolute atomic E-state index is 13.2. The van der Waals surface area contributed by atoms with Crippen LogP contribution in [-0.2, 0) is 12.6 Å². The molecule has 4 aromatic rings. The Morgan fingerprint density at radius 1 is 0.967 bits per heavy atom. The van der Waals surface area contributed by atoms with E-state index in [2.05, 4.69) is 24.0 Å². The van der Waals surface area contributed by atoms with Crippen LogP contribution in [0.2, 0.25) is 5.02 Å². The second kappa shape index (κ2) is 7.80. The molecule has 0 aliphatic rings. The molecule has 0 fully saturated rings. The first-order valence-corrected chi connectivity index (χ1v) is 10.1. The van der Waals surface area contributed by atoms with Crippen LogP contribution in [0, 0.1) is 0 Å². The summed E-state index contributed by atoms with van der Waals surface area (Å²) in [6.07, 6.45) is -3.94. The lowest BCUT2D eigenvalue weighted by Crippen LogP contribution is -2.06. The van der Waals surface area contributed by atoms with E-state index in [1.807, 2.05) is 54.0 Å². The van der Waals surface area contributed by atoms with Gasteiger partial charge in [-0.2, -0.15) is 13.2 Å². The Hall–Kier alpha value is -2.79. The lowest BCUT2D eigenvalue weighted by atomic mass is 9.93. The van der Waals surface area contributed by atoms with Crippen molar-refractivity contribution in [3.63, 3.8) is 0 Å². The average Bonchev–Trinajstić information content (AvgIpc) is 3.10. The molecule has 3 aromatic carbocycles. The van der Waals surface area contributed by atoms with Gasteiger partial charge in [0.2, 0.25) is 0 Å². The number of imidazole rings is 1. The molecule has 1 atom stereocenters. The average molecular weight is 429 g/mol. The highest BCUT2D eigenvalue weighted by atomic mass is 35.5. The van der Waals surface area contributed by atoms with E-state index in [1.54, 1.807) is 0 Å². The minimum absolute atomic E-state index is 0.231. The quantitative estimate of drug-likeness (QED) is 0.331. The van der Waals surface area contributed by atoms with Gasteiger partial charge in [-0.1, -0.05) is 67.9 Å². The Morgan fingerprint density at radius 3 is 2.20 bits per heavy atom. The van der Waals surface area contributed by atoms with Gasteiger partial charge >= 0.3 is 6.18 Å². The lowest BCUT2D eigenvalue weighted by Gasteiger charge is -2.15. The van der Waals surface area contributed by atoms with E-state index in [1.165, 1.54) is 11.6 Å². The van der Waals surface area contributed by atoms with Crippen LogP contribution in [0.3, 0.4) is 0 Å². The molecule has 1 aromatic heterocycles. The van der Waals surface area contributed by atoms with Gasteiger partial charge in [-0.25, -0.2) is 4.98 Å². The topological polar surface area (TPSA) is 17.8 Å². The monoisotopic (exact) mass is 428 g/mol. The molecule has 1 unspecified atom stereocenters. The van der Waals surface area contributed by atoms with Crippen LogP contribution in [0.5, 0.6) is 0 Å². The maximum atomic E-state index is 13.2. The molecule has 0 saturated carbocycles.